The number of benzene rings is 3. The summed E-state index contributed by atoms with van der Waals surface area (Å²) in [6.45, 7) is 6.54. The highest BCUT2D eigenvalue weighted by molar-refractivity contribution is 6.18. The summed E-state index contributed by atoms with van der Waals surface area (Å²) < 4.78 is 8.58. The van der Waals surface area contributed by atoms with Crippen LogP contribution in [0.3, 0.4) is 0 Å². The molecular formula is C29H25N2O+. The van der Waals surface area contributed by atoms with Crippen molar-refractivity contribution in [3.05, 3.63) is 89.6 Å². The van der Waals surface area contributed by atoms with Gasteiger partial charge in [-0.25, -0.2) is 4.57 Å². The van der Waals surface area contributed by atoms with Crippen LogP contribution in [0.25, 0.3) is 44.3 Å². The van der Waals surface area contributed by atoms with Gasteiger partial charge in [-0.3, -0.25) is 0 Å². The third-order valence-electron chi connectivity index (χ3n) is 6.29. The molecule has 0 fully saturated rings. The van der Waals surface area contributed by atoms with Crippen LogP contribution >= 0.6 is 0 Å². The predicted octanol–water partition coefficient (Wildman–Crippen LogP) is 7.05. The number of nitrogens with zero attached hydrogens (tertiary/aromatic N) is 2. The zero-order valence-corrected chi connectivity index (χ0v) is 18.8. The Morgan fingerprint density at radius 3 is 2.41 bits per heavy atom. The van der Waals surface area contributed by atoms with Gasteiger partial charge in [-0.15, -0.1) is 0 Å². The minimum Gasteiger partial charge on any atom is -0.455 e. The van der Waals surface area contributed by atoms with E-state index in [4.69, 9.17) is 4.42 Å². The summed E-state index contributed by atoms with van der Waals surface area (Å²) in [5.74, 6) is 0.478. The molecule has 2 heterocycles. The third-order valence-corrected chi connectivity index (χ3v) is 6.29. The Bertz CT molecular complexity index is 1520. The number of furan rings is 1. The first kappa shape index (κ1) is 20.0. The van der Waals surface area contributed by atoms with Gasteiger partial charge in [-0.2, -0.15) is 5.26 Å². The fourth-order valence-electron chi connectivity index (χ4n) is 4.59. The molecule has 0 saturated carbocycles. The largest absolute Gasteiger partial charge is 0.455 e. The van der Waals surface area contributed by atoms with Crippen LogP contribution in [-0.4, -0.2) is 0 Å². The number of aromatic nitrogens is 1. The number of hydrogen-bond acceptors (Lipinski definition) is 2. The molecule has 0 aliphatic rings. The van der Waals surface area contributed by atoms with Crippen molar-refractivity contribution in [2.75, 3.05) is 0 Å². The SMILES string of the molecule is Cc1cc(-c2ccc(C(C)C)cc2)c2c(oc3cccc(C#N)c32)c1-c1cccc[n+]1C. The van der Waals surface area contributed by atoms with E-state index in [9.17, 15) is 5.26 Å². The Hall–Kier alpha value is -3.90. The first-order valence-electron chi connectivity index (χ1n) is 10.9. The van der Waals surface area contributed by atoms with Gasteiger partial charge in [-0.1, -0.05) is 44.2 Å². The Labute approximate surface area is 188 Å². The lowest BCUT2D eigenvalue weighted by molar-refractivity contribution is -0.660. The van der Waals surface area contributed by atoms with Crippen molar-refractivity contribution in [3.63, 3.8) is 0 Å². The van der Waals surface area contributed by atoms with Gasteiger partial charge in [0.15, 0.2) is 6.20 Å². The average molecular weight is 418 g/mol. The Morgan fingerprint density at radius 2 is 1.72 bits per heavy atom. The highest BCUT2D eigenvalue weighted by atomic mass is 16.3. The fraction of sp³-hybridized carbons (Fsp3) is 0.172. The molecule has 3 nitrogen and oxygen atoms in total. The third kappa shape index (κ3) is 3.08. The topological polar surface area (TPSA) is 40.8 Å². The minimum atomic E-state index is 0.478. The quantitative estimate of drug-likeness (QED) is 0.295. The molecule has 0 saturated heterocycles. The second kappa shape index (κ2) is 7.66. The molecule has 0 spiro atoms. The number of hydrogen-bond donors (Lipinski definition) is 0. The molecule has 5 aromatic rings. The first-order chi connectivity index (χ1) is 15.5. The number of aryl methyl sites for hydroxylation is 2. The van der Waals surface area contributed by atoms with E-state index in [0.29, 0.717) is 11.5 Å². The number of nitriles is 1. The number of pyridine rings is 1. The normalized spacial score (nSPS) is 11.4. The zero-order chi connectivity index (χ0) is 22.4. The Balaban J connectivity index is 1.93. The smallest absolute Gasteiger partial charge is 0.216 e. The summed E-state index contributed by atoms with van der Waals surface area (Å²) in [7, 11) is 2.04. The zero-order valence-electron chi connectivity index (χ0n) is 18.8. The van der Waals surface area contributed by atoms with Crippen molar-refractivity contribution in [1.29, 1.82) is 5.26 Å². The van der Waals surface area contributed by atoms with Gasteiger partial charge in [0.25, 0.3) is 0 Å². The molecule has 0 aliphatic carbocycles. The Kier molecular flexibility index (Phi) is 4.79. The molecule has 156 valence electrons. The van der Waals surface area contributed by atoms with Gasteiger partial charge in [0.2, 0.25) is 5.69 Å². The highest BCUT2D eigenvalue weighted by Crippen LogP contribution is 2.44. The van der Waals surface area contributed by atoms with Crippen molar-refractivity contribution in [1.82, 2.24) is 0 Å². The van der Waals surface area contributed by atoms with Crippen LogP contribution in [0.2, 0.25) is 0 Å². The maximum Gasteiger partial charge on any atom is 0.216 e. The van der Waals surface area contributed by atoms with E-state index in [1.165, 1.54) is 5.56 Å². The van der Waals surface area contributed by atoms with Crippen molar-refractivity contribution in [2.24, 2.45) is 7.05 Å². The van der Waals surface area contributed by atoms with E-state index in [-0.39, 0.29) is 0 Å². The summed E-state index contributed by atoms with van der Waals surface area (Å²) in [4.78, 5) is 0. The van der Waals surface area contributed by atoms with E-state index >= 15 is 0 Å². The lowest BCUT2D eigenvalue weighted by Crippen LogP contribution is -2.30. The van der Waals surface area contributed by atoms with Crippen molar-refractivity contribution in [2.45, 2.75) is 26.7 Å². The fourth-order valence-corrected chi connectivity index (χ4v) is 4.59. The summed E-state index contributed by atoms with van der Waals surface area (Å²) in [5.41, 5.74) is 9.01. The van der Waals surface area contributed by atoms with E-state index in [1.807, 2.05) is 43.6 Å². The van der Waals surface area contributed by atoms with Crippen molar-refractivity contribution < 1.29 is 8.98 Å². The minimum absolute atomic E-state index is 0.478. The maximum absolute atomic E-state index is 9.86. The van der Waals surface area contributed by atoms with E-state index in [1.54, 1.807) is 0 Å². The van der Waals surface area contributed by atoms with Crippen LogP contribution in [0.4, 0.5) is 0 Å². The van der Waals surface area contributed by atoms with E-state index in [0.717, 1.165) is 49.9 Å². The van der Waals surface area contributed by atoms with Crippen molar-refractivity contribution >= 4 is 21.9 Å². The monoisotopic (exact) mass is 417 g/mol. The second-order valence-electron chi connectivity index (χ2n) is 8.69. The van der Waals surface area contributed by atoms with Gasteiger partial charge in [0.05, 0.1) is 17.2 Å². The number of rotatable bonds is 3. The lowest BCUT2D eigenvalue weighted by atomic mass is 9.90. The molecule has 0 radical (unpaired) electrons. The van der Waals surface area contributed by atoms with Gasteiger partial charge in [0, 0.05) is 22.9 Å². The first-order valence-corrected chi connectivity index (χ1v) is 10.9. The predicted molar refractivity (Wildman–Crippen MR) is 129 cm³/mol. The number of fused-ring (bicyclic) bond motifs is 3. The van der Waals surface area contributed by atoms with Gasteiger partial charge in [-0.05, 0) is 59.4 Å². The molecule has 5 rings (SSSR count). The van der Waals surface area contributed by atoms with Crippen LogP contribution in [0.1, 0.15) is 36.5 Å². The summed E-state index contributed by atoms with van der Waals surface area (Å²) in [6, 6.07) is 25.2. The molecule has 0 amide bonds. The standard InChI is InChI=1S/C29H25N2O/c1-18(2)20-11-13-21(14-12-20)23-16-19(3)26(24-9-5-6-15-31(24)4)29-28(23)27-22(17-30)8-7-10-25(27)32-29/h5-16,18H,1-4H3/q+1. The van der Waals surface area contributed by atoms with E-state index in [2.05, 4.69) is 67.8 Å². The van der Waals surface area contributed by atoms with Gasteiger partial charge < -0.3 is 4.42 Å². The van der Waals surface area contributed by atoms with Gasteiger partial charge in [0.1, 0.15) is 18.2 Å². The average Bonchev–Trinajstić information content (AvgIpc) is 3.19. The maximum atomic E-state index is 9.86. The molecule has 0 aliphatic heterocycles. The summed E-state index contributed by atoms with van der Waals surface area (Å²) in [6.07, 6.45) is 2.04. The second-order valence-corrected chi connectivity index (χ2v) is 8.69. The summed E-state index contributed by atoms with van der Waals surface area (Å²) in [5, 5.41) is 11.7. The Morgan fingerprint density at radius 1 is 0.938 bits per heavy atom. The molecule has 32 heavy (non-hydrogen) atoms. The van der Waals surface area contributed by atoms with Crippen molar-refractivity contribution in [3.8, 4) is 28.5 Å². The molecule has 3 heteroatoms. The summed E-state index contributed by atoms with van der Waals surface area (Å²) >= 11 is 0. The molecule has 2 aromatic heterocycles. The molecule has 0 atom stereocenters. The van der Waals surface area contributed by atoms with Gasteiger partial charge >= 0.3 is 0 Å². The molecule has 0 bridgehead atoms. The van der Waals surface area contributed by atoms with E-state index < -0.39 is 0 Å². The molecule has 0 N–H and O–H groups in total. The van der Waals surface area contributed by atoms with Crippen LogP contribution in [0, 0.1) is 18.3 Å². The van der Waals surface area contributed by atoms with Crippen LogP contribution < -0.4 is 4.57 Å². The lowest BCUT2D eigenvalue weighted by Gasteiger charge is -2.12. The highest BCUT2D eigenvalue weighted by Gasteiger charge is 2.24. The van der Waals surface area contributed by atoms with Crippen LogP contribution in [0.15, 0.2) is 77.3 Å². The molecule has 0 unspecified atom stereocenters. The van der Waals surface area contributed by atoms with Crippen LogP contribution in [-0.2, 0) is 7.05 Å². The molecule has 3 aromatic carbocycles. The van der Waals surface area contributed by atoms with Crippen LogP contribution in [0.5, 0.6) is 0 Å². The molecular weight excluding hydrogens is 392 g/mol.